The lowest BCUT2D eigenvalue weighted by atomic mass is 10.1. The van der Waals surface area contributed by atoms with Crippen LogP contribution < -0.4 is 15.4 Å². The molecule has 142 valence electrons. The largest absolute Gasteiger partial charge is 0.497 e. The fourth-order valence-corrected chi connectivity index (χ4v) is 3.01. The van der Waals surface area contributed by atoms with Crippen molar-refractivity contribution in [2.75, 3.05) is 17.7 Å². The minimum atomic E-state index is -0.806. The van der Waals surface area contributed by atoms with Crippen LogP contribution in [0.3, 0.4) is 0 Å². The number of hydrogen-bond donors (Lipinski definition) is 2. The van der Waals surface area contributed by atoms with Crippen molar-refractivity contribution in [1.29, 1.82) is 0 Å². The molecule has 0 bridgehead atoms. The smallest absolute Gasteiger partial charge is 0.249 e. The maximum Gasteiger partial charge on any atom is 0.249 e. The molecule has 0 spiro atoms. The third kappa shape index (κ3) is 3.54. The third-order valence-corrected chi connectivity index (χ3v) is 4.57. The maximum atomic E-state index is 12.8. The summed E-state index contributed by atoms with van der Waals surface area (Å²) in [6.45, 7) is 0. The van der Waals surface area contributed by atoms with Crippen molar-refractivity contribution < 1.29 is 14.3 Å². The zero-order valence-corrected chi connectivity index (χ0v) is 15.6. The molecule has 2 amide bonds. The molecule has 1 aromatic heterocycles. The standard InChI is InChI=1S/C19H16ClN5O3/c1-28-14-8-6-13(7-9-14)21-18(27)15-10-16(26)22-19-23-17(24-25(15)19)11-2-4-12(20)5-3-11/h2-9,15H,10H2,1H3,(H,21,27)(H,22,23,24,26). The predicted octanol–water partition coefficient (Wildman–Crippen LogP) is 3.13. The van der Waals surface area contributed by atoms with Crippen LogP contribution in [0.2, 0.25) is 5.02 Å². The summed E-state index contributed by atoms with van der Waals surface area (Å²) in [6.07, 6.45) is -0.0294. The molecular weight excluding hydrogens is 382 g/mol. The van der Waals surface area contributed by atoms with E-state index in [4.69, 9.17) is 16.3 Å². The number of fused-ring (bicyclic) bond motifs is 1. The van der Waals surface area contributed by atoms with Crippen LogP contribution in [0.1, 0.15) is 12.5 Å². The zero-order valence-electron chi connectivity index (χ0n) is 14.8. The van der Waals surface area contributed by atoms with E-state index in [1.54, 1.807) is 55.6 Å². The highest BCUT2D eigenvalue weighted by atomic mass is 35.5. The van der Waals surface area contributed by atoms with Gasteiger partial charge in [0.2, 0.25) is 17.8 Å². The summed E-state index contributed by atoms with van der Waals surface area (Å²) in [4.78, 5) is 29.2. The first kappa shape index (κ1) is 18.0. The maximum absolute atomic E-state index is 12.8. The molecule has 4 rings (SSSR count). The number of nitrogens with one attached hydrogen (secondary N) is 2. The van der Waals surface area contributed by atoms with Crippen LogP contribution >= 0.6 is 11.6 Å². The third-order valence-electron chi connectivity index (χ3n) is 4.32. The van der Waals surface area contributed by atoms with Gasteiger partial charge in [-0.15, -0.1) is 5.10 Å². The lowest BCUT2D eigenvalue weighted by Crippen LogP contribution is -2.36. The highest BCUT2D eigenvalue weighted by Gasteiger charge is 2.33. The molecule has 0 saturated carbocycles. The van der Waals surface area contributed by atoms with E-state index in [9.17, 15) is 9.59 Å². The molecule has 1 aliphatic heterocycles. The molecule has 0 fully saturated rings. The number of anilines is 2. The second kappa shape index (κ2) is 7.32. The van der Waals surface area contributed by atoms with Crippen LogP contribution in [0.25, 0.3) is 11.4 Å². The minimum Gasteiger partial charge on any atom is -0.497 e. The van der Waals surface area contributed by atoms with Gasteiger partial charge in [0, 0.05) is 16.3 Å². The quantitative estimate of drug-likeness (QED) is 0.704. The van der Waals surface area contributed by atoms with Gasteiger partial charge >= 0.3 is 0 Å². The van der Waals surface area contributed by atoms with Gasteiger partial charge in [0.05, 0.1) is 13.5 Å². The first-order chi connectivity index (χ1) is 13.5. The van der Waals surface area contributed by atoms with Gasteiger partial charge in [-0.25, -0.2) is 4.68 Å². The van der Waals surface area contributed by atoms with E-state index in [1.165, 1.54) is 4.68 Å². The summed E-state index contributed by atoms with van der Waals surface area (Å²) < 4.78 is 6.54. The number of methoxy groups -OCH3 is 1. The number of rotatable bonds is 4. The number of halogens is 1. The average molecular weight is 398 g/mol. The molecule has 9 heteroatoms. The Bertz CT molecular complexity index is 1030. The molecule has 8 nitrogen and oxygen atoms in total. The van der Waals surface area contributed by atoms with E-state index >= 15 is 0 Å². The zero-order chi connectivity index (χ0) is 19.7. The molecule has 0 radical (unpaired) electrons. The Morgan fingerprint density at radius 1 is 1.21 bits per heavy atom. The Kier molecular flexibility index (Phi) is 4.70. The topological polar surface area (TPSA) is 98.1 Å². The van der Waals surface area contributed by atoms with Gasteiger partial charge in [-0.1, -0.05) is 11.6 Å². The van der Waals surface area contributed by atoms with E-state index in [-0.39, 0.29) is 24.2 Å². The second-order valence-electron chi connectivity index (χ2n) is 6.20. The van der Waals surface area contributed by atoms with Crippen molar-refractivity contribution in [3.05, 3.63) is 53.6 Å². The number of aromatic nitrogens is 3. The van der Waals surface area contributed by atoms with E-state index < -0.39 is 6.04 Å². The summed E-state index contributed by atoms with van der Waals surface area (Å²) in [6, 6.07) is 13.1. The van der Waals surface area contributed by atoms with Crippen LogP contribution in [0, 0.1) is 0 Å². The van der Waals surface area contributed by atoms with E-state index in [0.29, 0.717) is 22.3 Å². The average Bonchev–Trinajstić information content (AvgIpc) is 3.12. The highest BCUT2D eigenvalue weighted by molar-refractivity contribution is 6.30. The monoisotopic (exact) mass is 397 g/mol. The minimum absolute atomic E-state index is 0.0294. The number of carbonyl (C=O) groups is 2. The van der Waals surface area contributed by atoms with Crippen LogP contribution in [-0.2, 0) is 9.59 Å². The Morgan fingerprint density at radius 2 is 1.93 bits per heavy atom. The molecule has 0 aliphatic carbocycles. The fraction of sp³-hybridized carbons (Fsp3) is 0.158. The molecule has 1 aliphatic rings. The van der Waals surface area contributed by atoms with Crippen LogP contribution in [-0.4, -0.2) is 33.7 Å². The van der Waals surface area contributed by atoms with Crippen molar-refractivity contribution in [1.82, 2.24) is 14.8 Å². The van der Waals surface area contributed by atoms with E-state index in [1.807, 2.05) is 0 Å². The summed E-state index contributed by atoms with van der Waals surface area (Å²) in [5.74, 6) is 0.666. The summed E-state index contributed by atoms with van der Waals surface area (Å²) >= 11 is 5.92. The Morgan fingerprint density at radius 3 is 2.61 bits per heavy atom. The molecule has 1 atom stereocenters. The number of amides is 2. The van der Waals surface area contributed by atoms with Crippen LogP contribution in [0.5, 0.6) is 5.75 Å². The van der Waals surface area contributed by atoms with Crippen LogP contribution in [0.4, 0.5) is 11.6 Å². The molecule has 0 saturated heterocycles. The molecule has 28 heavy (non-hydrogen) atoms. The second-order valence-corrected chi connectivity index (χ2v) is 6.63. The summed E-state index contributed by atoms with van der Waals surface area (Å²) in [5, 5.41) is 10.5. The SMILES string of the molecule is COc1ccc(NC(=O)C2CC(=O)Nc3nc(-c4ccc(Cl)cc4)nn32)cc1. The van der Waals surface area contributed by atoms with Crippen molar-refractivity contribution in [2.45, 2.75) is 12.5 Å². The number of ether oxygens (including phenoxy) is 1. The molecule has 1 unspecified atom stereocenters. The summed E-state index contributed by atoms with van der Waals surface area (Å²) in [7, 11) is 1.57. The Labute approximate surface area is 165 Å². The van der Waals surface area contributed by atoms with Gasteiger partial charge in [-0.05, 0) is 48.5 Å². The van der Waals surface area contributed by atoms with E-state index in [0.717, 1.165) is 5.56 Å². The van der Waals surface area contributed by atoms with Gasteiger partial charge in [-0.3, -0.25) is 14.9 Å². The molecular formula is C19H16ClN5O3. The van der Waals surface area contributed by atoms with Gasteiger partial charge in [0.1, 0.15) is 11.8 Å². The van der Waals surface area contributed by atoms with E-state index in [2.05, 4.69) is 20.7 Å². The lowest BCUT2D eigenvalue weighted by Gasteiger charge is -2.22. The predicted molar refractivity (Wildman–Crippen MR) is 104 cm³/mol. The van der Waals surface area contributed by atoms with Crippen molar-refractivity contribution in [2.24, 2.45) is 0 Å². The molecule has 2 N–H and O–H groups in total. The molecule has 2 heterocycles. The van der Waals surface area contributed by atoms with Crippen molar-refractivity contribution in [3.63, 3.8) is 0 Å². The van der Waals surface area contributed by atoms with Gasteiger partial charge in [0.15, 0.2) is 5.82 Å². The van der Waals surface area contributed by atoms with Gasteiger partial charge in [0.25, 0.3) is 0 Å². The molecule has 3 aromatic rings. The lowest BCUT2D eigenvalue weighted by molar-refractivity contribution is -0.125. The van der Waals surface area contributed by atoms with Gasteiger partial charge < -0.3 is 10.1 Å². The van der Waals surface area contributed by atoms with Crippen LogP contribution in [0.15, 0.2) is 48.5 Å². The number of benzene rings is 2. The first-order valence-corrected chi connectivity index (χ1v) is 8.88. The van der Waals surface area contributed by atoms with Crippen molar-refractivity contribution >= 4 is 35.1 Å². The number of nitrogens with zero attached hydrogens (tertiary/aromatic N) is 3. The highest BCUT2D eigenvalue weighted by Crippen LogP contribution is 2.28. The number of hydrogen-bond acceptors (Lipinski definition) is 5. The number of carbonyl (C=O) groups excluding carboxylic acids is 2. The summed E-state index contributed by atoms with van der Waals surface area (Å²) in [5.41, 5.74) is 1.33. The van der Waals surface area contributed by atoms with Gasteiger partial charge in [-0.2, -0.15) is 4.98 Å². The molecule has 2 aromatic carbocycles. The fourth-order valence-electron chi connectivity index (χ4n) is 2.89. The Balaban J connectivity index is 1.61. The Hall–Kier alpha value is -3.39. The normalized spacial score (nSPS) is 15.5. The first-order valence-electron chi connectivity index (χ1n) is 8.51. The van der Waals surface area contributed by atoms with Crippen molar-refractivity contribution in [3.8, 4) is 17.1 Å².